The molecule has 0 bridgehead atoms. The summed E-state index contributed by atoms with van der Waals surface area (Å²) < 4.78 is 10.8. The molecule has 0 aliphatic heterocycles. The number of carbonyl (C=O) groups is 1. The first kappa shape index (κ1) is 22.0. The van der Waals surface area contributed by atoms with E-state index in [4.69, 9.17) is 9.47 Å². The summed E-state index contributed by atoms with van der Waals surface area (Å²) in [5.74, 6) is 1.10. The molecule has 0 radical (unpaired) electrons. The maximum absolute atomic E-state index is 12.3. The minimum atomic E-state index is -0.558. The van der Waals surface area contributed by atoms with Crippen LogP contribution in [0.1, 0.15) is 12.5 Å². The number of carbonyl (C=O) groups excluding carboxylic acids is 1. The molecule has 0 aliphatic rings. The maximum Gasteiger partial charge on any atom is 0.328 e. The minimum Gasteiger partial charge on any atom is -0.489 e. The molecule has 1 aromatic heterocycles. The first-order valence-corrected chi connectivity index (χ1v) is 10.7. The largest absolute Gasteiger partial charge is 0.489 e. The summed E-state index contributed by atoms with van der Waals surface area (Å²) in [6.45, 7) is 2.28. The van der Waals surface area contributed by atoms with Crippen molar-refractivity contribution in [3.63, 3.8) is 0 Å². The van der Waals surface area contributed by atoms with E-state index >= 15 is 0 Å². The first-order chi connectivity index (χ1) is 16.2. The van der Waals surface area contributed by atoms with Gasteiger partial charge < -0.3 is 14.4 Å². The van der Waals surface area contributed by atoms with E-state index in [0.29, 0.717) is 12.4 Å². The molecule has 4 aromatic rings. The van der Waals surface area contributed by atoms with Gasteiger partial charge in [0.05, 0.1) is 12.8 Å². The number of benzene rings is 3. The van der Waals surface area contributed by atoms with Crippen molar-refractivity contribution in [2.75, 3.05) is 12.0 Å². The number of anilines is 2. The van der Waals surface area contributed by atoms with E-state index in [1.165, 1.54) is 13.4 Å². The Morgan fingerprint density at radius 3 is 2.24 bits per heavy atom. The molecule has 0 amide bonds. The van der Waals surface area contributed by atoms with Gasteiger partial charge in [-0.1, -0.05) is 60.7 Å². The summed E-state index contributed by atoms with van der Waals surface area (Å²) in [6.07, 6.45) is 1.51. The summed E-state index contributed by atoms with van der Waals surface area (Å²) in [4.78, 5) is 23.1. The monoisotopic (exact) mass is 439 g/mol. The summed E-state index contributed by atoms with van der Waals surface area (Å²) in [6, 6.07) is 28.7. The molecule has 0 saturated heterocycles. The Bertz CT molecular complexity index is 1180. The van der Waals surface area contributed by atoms with Crippen molar-refractivity contribution < 1.29 is 14.3 Å². The smallest absolute Gasteiger partial charge is 0.328 e. The lowest BCUT2D eigenvalue weighted by Gasteiger charge is -2.28. The fraction of sp³-hybridized carbons (Fsp3) is 0.148. The fourth-order valence-corrected chi connectivity index (χ4v) is 3.51. The van der Waals surface area contributed by atoms with Gasteiger partial charge in [-0.25, -0.2) is 14.8 Å². The zero-order chi connectivity index (χ0) is 23.0. The van der Waals surface area contributed by atoms with E-state index in [2.05, 4.69) is 9.97 Å². The topological polar surface area (TPSA) is 64.5 Å². The maximum atomic E-state index is 12.3. The highest BCUT2D eigenvalue weighted by Crippen LogP contribution is 2.29. The van der Waals surface area contributed by atoms with Crippen LogP contribution in [-0.2, 0) is 16.1 Å². The zero-order valence-electron chi connectivity index (χ0n) is 18.6. The minimum absolute atomic E-state index is 0.346. The van der Waals surface area contributed by atoms with Crippen LogP contribution in [0.4, 0.5) is 11.5 Å². The van der Waals surface area contributed by atoms with Gasteiger partial charge in [0.25, 0.3) is 0 Å². The molecule has 1 atom stereocenters. The third-order valence-electron chi connectivity index (χ3n) is 5.26. The van der Waals surface area contributed by atoms with Crippen LogP contribution in [0, 0.1) is 0 Å². The molecule has 0 saturated carbocycles. The number of nitrogens with zero attached hydrogens (tertiary/aromatic N) is 3. The number of rotatable bonds is 8. The first-order valence-electron chi connectivity index (χ1n) is 10.7. The van der Waals surface area contributed by atoms with E-state index in [-0.39, 0.29) is 5.97 Å². The Labute approximate surface area is 193 Å². The second kappa shape index (κ2) is 10.4. The molecule has 6 nitrogen and oxygen atoms in total. The van der Waals surface area contributed by atoms with Crippen molar-refractivity contribution >= 4 is 17.5 Å². The fourth-order valence-electron chi connectivity index (χ4n) is 3.51. The molecule has 0 fully saturated rings. The molecule has 6 heteroatoms. The molecule has 0 spiro atoms. The van der Waals surface area contributed by atoms with E-state index in [1.807, 2.05) is 95.9 Å². The molecular formula is C27H25N3O3. The predicted molar refractivity (Wildman–Crippen MR) is 128 cm³/mol. The van der Waals surface area contributed by atoms with E-state index < -0.39 is 6.04 Å². The van der Waals surface area contributed by atoms with Gasteiger partial charge in [-0.3, -0.25) is 0 Å². The van der Waals surface area contributed by atoms with Crippen LogP contribution in [0.25, 0.3) is 11.3 Å². The molecule has 1 heterocycles. The number of hydrogen-bond donors (Lipinski definition) is 0. The summed E-state index contributed by atoms with van der Waals surface area (Å²) in [7, 11) is 1.39. The standard InChI is InChI=1S/C27H25N3O3/c1-20(27(31)32-2)30(23-9-5-3-6-10-23)26-17-25(28-19-29-26)22-15-13-21(14-16-22)18-33-24-11-7-4-8-12-24/h3-17,19-20H,18H2,1-2H3/t20-/m0/s1. The van der Waals surface area contributed by atoms with Gasteiger partial charge >= 0.3 is 5.97 Å². The lowest BCUT2D eigenvalue weighted by molar-refractivity contribution is -0.141. The van der Waals surface area contributed by atoms with Crippen molar-refractivity contribution in [1.82, 2.24) is 9.97 Å². The van der Waals surface area contributed by atoms with Crippen LogP contribution in [0.2, 0.25) is 0 Å². The van der Waals surface area contributed by atoms with Gasteiger partial charge in [-0.2, -0.15) is 0 Å². The molecule has 166 valence electrons. The number of aromatic nitrogens is 2. The van der Waals surface area contributed by atoms with Crippen molar-refractivity contribution in [2.24, 2.45) is 0 Å². The predicted octanol–water partition coefficient (Wildman–Crippen LogP) is 5.42. The highest BCUT2D eigenvalue weighted by atomic mass is 16.5. The van der Waals surface area contributed by atoms with Gasteiger partial charge in [0.2, 0.25) is 0 Å². The summed E-state index contributed by atoms with van der Waals surface area (Å²) in [5.41, 5.74) is 3.60. The normalized spacial score (nSPS) is 11.5. The third-order valence-corrected chi connectivity index (χ3v) is 5.26. The molecule has 3 aromatic carbocycles. The van der Waals surface area contributed by atoms with Crippen LogP contribution in [0.15, 0.2) is 97.3 Å². The second-order valence-electron chi connectivity index (χ2n) is 7.46. The van der Waals surface area contributed by atoms with E-state index in [0.717, 1.165) is 28.3 Å². The number of hydrogen-bond acceptors (Lipinski definition) is 6. The highest BCUT2D eigenvalue weighted by Gasteiger charge is 2.25. The Kier molecular flexibility index (Phi) is 6.95. The molecule has 0 N–H and O–H groups in total. The quantitative estimate of drug-likeness (QED) is 0.342. The van der Waals surface area contributed by atoms with Crippen molar-refractivity contribution in [2.45, 2.75) is 19.6 Å². The molecule has 0 aliphatic carbocycles. The van der Waals surface area contributed by atoms with Crippen LogP contribution in [0.5, 0.6) is 5.75 Å². The van der Waals surface area contributed by atoms with Gasteiger partial charge in [0.15, 0.2) is 0 Å². The number of methoxy groups -OCH3 is 1. The Morgan fingerprint density at radius 2 is 1.58 bits per heavy atom. The van der Waals surface area contributed by atoms with Crippen molar-refractivity contribution in [3.05, 3.63) is 103 Å². The second-order valence-corrected chi connectivity index (χ2v) is 7.46. The van der Waals surface area contributed by atoms with Crippen LogP contribution in [0.3, 0.4) is 0 Å². The lowest BCUT2D eigenvalue weighted by atomic mass is 10.1. The Morgan fingerprint density at radius 1 is 0.909 bits per heavy atom. The molecule has 0 unspecified atom stereocenters. The molecule has 4 rings (SSSR count). The summed E-state index contributed by atoms with van der Waals surface area (Å²) >= 11 is 0. The zero-order valence-corrected chi connectivity index (χ0v) is 18.6. The van der Waals surface area contributed by atoms with Crippen molar-refractivity contribution in [1.29, 1.82) is 0 Å². The van der Waals surface area contributed by atoms with Crippen LogP contribution in [-0.4, -0.2) is 29.1 Å². The van der Waals surface area contributed by atoms with Crippen molar-refractivity contribution in [3.8, 4) is 17.0 Å². The summed E-state index contributed by atoms with van der Waals surface area (Å²) in [5, 5.41) is 0. The molecule has 33 heavy (non-hydrogen) atoms. The van der Waals surface area contributed by atoms with Gasteiger partial charge in [-0.15, -0.1) is 0 Å². The Hall–Kier alpha value is -4.19. The number of esters is 1. The van der Waals surface area contributed by atoms with Gasteiger partial charge in [0.1, 0.15) is 30.5 Å². The van der Waals surface area contributed by atoms with Crippen LogP contribution < -0.4 is 9.64 Å². The lowest BCUT2D eigenvalue weighted by Crippen LogP contribution is -2.36. The van der Waals surface area contributed by atoms with E-state index in [1.54, 1.807) is 6.92 Å². The number of ether oxygens (including phenoxy) is 2. The van der Waals surface area contributed by atoms with Crippen LogP contribution >= 0.6 is 0 Å². The number of para-hydroxylation sites is 2. The highest BCUT2D eigenvalue weighted by molar-refractivity contribution is 5.83. The van der Waals surface area contributed by atoms with E-state index in [9.17, 15) is 4.79 Å². The SMILES string of the molecule is COC(=O)[C@H](C)N(c1ccccc1)c1cc(-c2ccc(COc3ccccc3)cc2)ncn1. The molecular weight excluding hydrogens is 414 g/mol. The third kappa shape index (κ3) is 5.36. The average Bonchev–Trinajstić information content (AvgIpc) is 2.89. The Balaban J connectivity index is 1.57. The van der Waals surface area contributed by atoms with Gasteiger partial charge in [0, 0.05) is 17.3 Å². The van der Waals surface area contributed by atoms with Gasteiger partial charge in [-0.05, 0) is 36.8 Å². The average molecular weight is 440 g/mol.